The van der Waals surface area contributed by atoms with Gasteiger partial charge in [-0.1, -0.05) is 0 Å². The van der Waals surface area contributed by atoms with Gasteiger partial charge in [-0.25, -0.2) is 0 Å². The molecule has 0 rings (SSSR count). The molecule has 0 aromatic rings. The number of rotatable bonds is 4. The van der Waals surface area contributed by atoms with Gasteiger partial charge in [0.1, 0.15) is 0 Å². The van der Waals surface area contributed by atoms with Crippen LogP contribution in [0.3, 0.4) is 0 Å². The van der Waals surface area contributed by atoms with Crippen LogP contribution in [0.2, 0.25) is 0 Å². The molecule has 0 heterocycles. The first-order valence-corrected chi connectivity index (χ1v) is 6.67. The summed E-state index contributed by atoms with van der Waals surface area (Å²) in [6.07, 6.45) is 0. The monoisotopic (exact) mass is 213 g/mol. The molecule has 9 heavy (non-hydrogen) atoms. The molecule has 0 amide bonds. The van der Waals surface area contributed by atoms with E-state index in [9.17, 15) is 4.79 Å². The van der Waals surface area contributed by atoms with E-state index in [4.69, 9.17) is 14.9 Å². The number of hydrogen-bond acceptors (Lipinski definition) is 4. The number of aliphatic carboxylic acids is 1. The molecule has 0 aliphatic heterocycles. The standard InChI is InChI=1S/C3H8AsNO3S/c5-2(3(6)7)1-9-4-8/h2,4,8H,1,5H2,(H,6,7). The number of carboxylic acids is 1. The fourth-order valence-electron chi connectivity index (χ4n) is 0.198. The number of carbonyl (C=O) groups is 1. The molecule has 0 saturated carbocycles. The van der Waals surface area contributed by atoms with Crippen LogP contribution in [0.4, 0.5) is 0 Å². The van der Waals surface area contributed by atoms with Crippen molar-refractivity contribution in [3.63, 3.8) is 0 Å². The topological polar surface area (TPSA) is 83.5 Å². The molecule has 0 aliphatic carbocycles. The summed E-state index contributed by atoms with van der Waals surface area (Å²) in [7, 11) is 1.22. The van der Waals surface area contributed by atoms with Crippen molar-refractivity contribution in [2.45, 2.75) is 6.04 Å². The van der Waals surface area contributed by atoms with E-state index in [0.717, 1.165) is 0 Å². The third kappa shape index (κ3) is 4.78. The van der Waals surface area contributed by atoms with Crippen molar-refractivity contribution in [1.82, 2.24) is 0 Å². The first kappa shape index (κ1) is 9.30. The average molecular weight is 213 g/mol. The fraction of sp³-hybridized carbons (Fsp3) is 0.667. The molecule has 0 radical (unpaired) electrons. The van der Waals surface area contributed by atoms with E-state index in [2.05, 4.69) is 0 Å². The van der Waals surface area contributed by atoms with Gasteiger partial charge >= 0.3 is 62.5 Å². The number of nitrogens with two attached hydrogens (primary N) is 1. The Morgan fingerprint density at radius 2 is 2.44 bits per heavy atom. The minimum atomic E-state index is -1.01. The Hall–Kier alpha value is 0.298. The summed E-state index contributed by atoms with van der Waals surface area (Å²) >= 11 is -0.987. The second kappa shape index (κ2) is 5.11. The van der Waals surface area contributed by atoms with Gasteiger partial charge in [0, 0.05) is 0 Å². The maximum atomic E-state index is 10.00. The molecule has 2 atom stereocenters. The van der Waals surface area contributed by atoms with Gasteiger partial charge in [0.2, 0.25) is 0 Å². The van der Waals surface area contributed by atoms with Crippen LogP contribution in [0, 0.1) is 0 Å². The first-order chi connectivity index (χ1) is 4.18. The van der Waals surface area contributed by atoms with Gasteiger partial charge in [0.25, 0.3) is 0 Å². The zero-order valence-electron chi connectivity index (χ0n) is 4.57. The van der Waals surface area contributed by atoms with E-state index in [-0.39, 0.29) is 0 Å². The molecular formula is C3H8AsNO3S. The van der Waals surface area contributed by atoms with Crippen molar-refractivity contribution in [2.75, 3.05) is 5.75 Å². The first-order valence-electron chi connectivity index (χ1n) is 2.17. The SMILES string of the molecule is NC(CS[AsH]O)C(=O)O. The van der Waals surface area contributed by atoms with Gasteiger partial charge in [-0.05, 0) is 0 Å². The Balaban J connectivity index is 3.27. The van der Waals surface area contributed by atoms with E-state index in [1.54, 1.807) is 0 Å². The van der Waals surface area contributed by atoms with E-state index in [1.807, 2.05) is 0 Å². The van der Waals surface area contributed by atoms with Crippen LogP contribution in [0.5, 0.6) is 0 Å². The van der Waals surface area contributed by atoms with E-state index in [1.165, 1.54) is 10.0 Å². The molecule has 54 valence electrons. The normalized spacial score (nSPS) is 14.4. The third-order valence-electron chi connectivity index (χ3n) is 0.645. The molecule has 4 N–H and O–H groups in total. The molecule has 2 unspecified atom stereocenters. The van der Waals surface area contributed by atoms with Crippen molar-refractivity contribution < 1.29 is 14.0 Å². The zero-order valence-corrected chi connectivity index (χ0v) is 7.49. The molecule has 6 heteroatoms. The summed E-state index contributed by atoms with van der Waals surface area (Å²) in [5, 5.41) is 8.20. The number of hydrogen-bond donors (Lipinski definition) is 3. The zero-order chi connectivity index (χ0) is 7.28. The molecule has 0 fully saturated rings. The predicted octanol–water partition coefficient (Wildman–Crippen LogP) is -1.61. The van der Waals surface area contributed by atoms with E-state index in [0.29, 0.717) is 5.75 Å². The molecule has 0 saturated heterocycles. The van der Waals surface area contributed by atoms with Gasteiger partial charge in [-0.15, -0.1) is 0 Å². The third-order valence-corrected chi connectivity index (χ3v) is 3.16. The quantitative estimate of drug-likeness (QED) is 0.489. The molecule has 4 nitrogen and oxygen atoms in total. The Morgan fingerprint density at radius 3 is 2.78 bits per heavy atom. The molecular weight excluding hydrogens is 205 g/mol. The summed E-state index contributed by atoms with van der Waals surface area (Å²) in [6.45, 7) is 0. The van der Waals surface area contributed by atoms with Crippen LogP contribution in [-0.4, -0.2) is 41.9 Å². The number of carboxylic acid groups (broad SMARTS) is 1. The van der Waals surface area contributed by atoms with Gasteiger partial charge in [0.15, 0.2) is 0 Å². The Kier molecular flexibility index (Phi) is 5.28. The van der Waals surface area contributed by atoms with Gasteiger partial charge in [-0.3, -0.25) is 0 Å². The van der Waals surface area contributed by atoms with Crippen LogP contribution >= 0.6 is 10.0 Å². The van der Waals surface area contributed by atoms with Crippen molar-refractivity contribution >= 4 is 30.9 Å². The Bertz CT molecular complexity index is 101. The summed E-state index contributed by atoms with van der Waals surface area (Å²) in [4.78, 5) is 10.00. The van der Waals surface area contributed by atoms with Crippen LogP contribution < -0.4 is 5.73 Å². The average Bonchev–Trinajstić information content (AvgIpc) is 1.82. The second-order valence-corrected chi connectivity index (χ2v) is 5.12. The summed E-state index contributed by atoms with van der Waals surface area (Å²) < 4.78 is 8.34. The van der Waals surface area contributed by atoms with Crippen molar-refractivity contribution in [3.8, 4) is 0 Å². The predicted molar refractivity (Wildman–Crippen MR) is 37.4 cm³/mol. The molecule has 0 spiro atoms. The molecule has 0 aromatic heterocycles. The van der Waals surface area contributed by atoms with E-state index < -0.39 is 26.9 Å². The fourth-order valence-corrected chi connectivity index (χ4v) is 2.19. The molecule has 0 aliphatic rings. The second-order valence-electron chi connectivity index (χ2n) is 1.35. The van der Waals surface area contributed by atoms with Crippen molar-refractivity contribution in [2.24, 2.45) is 5.73 Å². The van der Waals surface area contributed by atoms with Crippen molar-refractivity contribution in [1.29, 1.82) is 0 Å². The molecule has 0 bridgehead atoms. The molecule has 0 aromatic carbocycles. The summed E-state index contributed by atoms with van der Waals surface area (Å²) in [5.41, 5.74) is 5.09. The Labute approximate surface area is 62.8 Å². The summed E-state index contributed by atoms with van der Waals surface area (Å²) in [6, 6.07) is -0.828. The minimum absolute atomic E-state index is 0.311. The van der Waals surface area contributed by atoms with Crippen LogP contribution in [-0.2, 0) is 4.79 Å². The van der Waals surface area contributed by atoms with E-state index >= 15 is 0 Å². The maximum absolute atomic E-state index is 10.00. The van der Waals surface area contributed by atoms with Crippen LogP contribution in [0.25, 0.3) is 0 Å². The van der Waals surface area contributed by atoms with Crippen LogP contribution in [0.15, 0.2) is 0 Å². The van der Waals surface area contributed by atoms with Crippen molar-refractivity contribution in [3.05, 3.63) is 0 Å². The van der Waals surface area contributed by atoms with Crippen LogP contribution in [0.1, 0.15) is 0 Å². The van der Waals surface area contributed by atoms with Gasteiger partial charge in [-0.2, -0.15) is 0 Å². The Morgan fingerprint density at radius 1 is 1.89 bits per heavy atom. The summed E-state index contributed by atoms with van der Waals surface area (Å²) in [5.74, 6) is -0.700. The van der Waals surface area contributed by atoms with Gasteiger partial charge < -0.3 is 0 Å². The van der Waals surface area contributed by atoms with Gasteiger partial charge in [0.05, 0.1) is 0 Å².